The Labute approximate surface area is 72.4 Å². The molecule has 1 heterocycles. The van der Waals surface area contributed by atoms with Gasteiger partial charge in [0.25, 0.3) is 0 Å². The minimum Gasteiger partial charge on any atom is -0.263 e. The van der Waals surface area contributed by atoms with Crippen molar-refractivity contribution in [3.63, 3.8) is 0 Å². The van der Waals surface area contributed by atoms with E-state index in [1.54, 1.807) is 12.4 Å². The molecule has 11 heavy (non-hydrogen) atoms. The number of hydrogen-bond donors (Lipinski definition) is 0. The Morgan fingerprint density at radius 3 is 3.00 bits per heavy atom. The molecule has 0 aliphatic carbocycles. The van der Waals surface area contributed by atoms with E-state index in [1.165, 1.54) is 18.4 Å². The van der Waals surface area contributed by atoms with Crippen LogP contribution >= 0.6 is 11.6 Å². The van der Waals surface area contributed by atoms with E-state index in [1.807, 2.05) is 6.07 Å². The van der Waals surface area contributed by atoms with Gasteiger partial charge in [-0.25, -0.2) is 0 Å². The first-order valence-electron chi connectivity index (χ1n) is 3.93. The predicted molar refractivity (Wildman–Crippen MR) is 47.9 cm³/mol. The van der Waals surface area contributed by atoms with E-state index in [9.17, 15) is 0 Å². The lowest BCUT2D eigenvalue weighted by Gasteiger charge is -2.00. The van der Waals surface area contributed by atoms with E-state index in [2.05, 4.69) is 11.9 Å². The monoisotopic (exact) mass is 169 g/mol. The molecule has 1 aromatic heterocycles. The van der Waals surface area contributed by atoms with Crippen molar-refractivity contribution < 1.29 is 0 Å². The number of halogens is 1. The maximum absolute atomic E-state index is 5.90. The lowest BCUT2D eigenvalue weighted by atomic mass is 10.1. The molecule has 0 spiro atoms. The second kappa shape index (κ2) is 4.35. The minimum atomic E-state index is 0.793. The van der Waals surface area contributed by atoms with Crippen LogP contribution in [0.15, 0.2) is 18.5 Å². The fourth-order valence-corrected chi connectivity index (χ4v) is 1.19. The van der Waals surface area contributed by atoms with Crippen molar-refractivity contribution in [2.45, 2.75) is 26.2 Å². The maximum atomic E-state index is 5.90. The van der Waals surface area contributed by atoms with Crippen molar-refractivity contribution >= 4 is 11.6 Å². The average molecular weight is 170 g/mol. The highest BCUT2D eigenvalue weighted by Gasteiger charge is 1.96. The lowest BCUT2D eigenvalue weighted by molar-refractivity contribution is 0.794. The first-order valence-corrected chi connectivity index (χ1v) is 4.30. The minimum absolute atomic E-state index is 0.793. The molecule has 0 amide bonds. The van der Waals surface area contributed by atoms with Crippen LogP contribution in [0.4, 0.5) is 0 Å². The van der Waals surface area contributed by atoms with Crippen LogP contribution in [-0.2, 0) is 6.42 Å². The van der Waals surface area contributed by atoms with E-state index in [-0.39, 0.29) is 0 Å². The molecule has 1 rings (SSSR count). The van der Waals surface area contributed by atoms with E-state index < -0.39 is 0 Å². The van der Waals surface area contributed by atoms with E-state index in [0.717, 1.165) is 11.4 Å². The largest absolute Gasteiger partial charge is 0.263 e. The molecule has 0 fully saturated rings. The van der Waals surface area contributed by atoms with Crippen molar-refractivity contribution in [1.29, 1.82) is 0 Å². The molecule has 0 N–H and O–H groups in total. The molecule has 0 saturated heterocycles. The zero-order valence-electron chi connectivity index (χ0n) is 6.68. The lowest BCUT2D eigenvalue weighted by Crippen LogP contribution is -1.86. The van der Waals surface area contributed by atoms with Gasteiger partial charge in [0, 0.05) is 12.4 Å². The number of unbranched alkanes of at least 4 members (excludes halogenated alkanes) is 1. The maximum Gasteiger partial charge on any atom is 0.0621 e. The van der Waals surface area contributed by atoms with Gasteiger partial charge in [-0.3, -0.25) is 4.98 Å². The standard InChI is InChI=1S/C9H12ClN/c1-2-3-4-8-5-6-11-7-9(8)10/h5-7H,2-4H2,1H3. The molecule has 0 aliphatic heterocycles. The first kappa shape index (κ1) is 8.54. The number of rotatable bonds is 3. The molecule has 0 radical (unpaired) electrons. The molecule has 0 aliphatic rings. The quantitative estimate of drug-likeness (QED) is 0.678. The van der Waals surface area contributed by atoms with E-state index in [4.69, 9.17) is 11.6 Å². The number of hydrogen-bond acceptors (Lipinski definition) is 1. The summed E-state index contributed by atoms with van der Waals surface area (Å²) >= 11 is 5.90. The Balaban J connectivity index is 2.62. The van der Waals surface area contributed by atoms with Gasteiger partial charge >= 0.3 is 0 Å². The van der Waals surface area contributed by atoms with Gasteiger partial charge in [-0.2, -0.15) is 0 Å². The van der Waals surface area contributed by atoms with Crippen molar-refractivity contribution in [3.05, 3.63) is 29.0 Å². The molecule has 1 nitrogen and oxygen atoms in total. The Bertz CT molecular complexity index is 223. The Morgan fingerprint density at radius 2 is 2.36 bits per heavy atom. The molecule has 0 unspecified atom stereocenters. The molecule has 60 valence electrons. The molecule has 0 saturated carbocycles. The van der Waals surface area contributed by atoms with Gasteiger partial charge in [0.2, 0.25) is 0 Å². The normalized spacial score (nSPS) is 10.0. The second-order valence-electron chi connectivity index (χ2n) is 2.57. The fourth-order valence-electron chi connectivity index (χ4n) is 0.974. The van der Waals surface area contributed by atoms with Crippen molar-refractivity contribution in [2.24, 2.45) is 0 Å². The van der Waals surface area contributed by atoms with Gasteiger partial charge in [-0.15, -0.1) is 0 Å². The molecule has 0 aromatic carbocycles. The summed E-state index contributed by atoms with van der Waals surface area (Å²) in [5.41, 5.74) is 1.21. The third-order valence-corrected chi connectivity index (χ3v) is 2.00. The second-order valence-corrected chi connectivity index (χ2v) is 2.98. The smallest absolute Gasteiger partial charge is 0.0621 e. The average Bonchev–Trinajstić information content (AvgIpc) is 2.03. The van der Waals surface area contributed by atoms with Crippen LogP contribution in [0, 0.1) is 0 Å². The zero-order valence-corrected chi connectivity index (χ0v) is 7.43. The van der Waals surface area contributed by atoms with Gasteiger partial charge in [-0.05, 0) is 24.5 Å². The van der Waals surface area contributed by atoms with Crippen molar-refractivity contribution in [1.82, 2.24) is 4.98 Å². The molecular weight excluding hydrogens is 158 g/mol. The Hall–Kier alpha value is -0.560. The van der Waals surface area contributed by atoms with Crippen LogP contribution < -0.4 is 0 Å². The third-order valence-electron chi connectivity index (χ3n) is 1.66. The highest BCUT2D eigenvalue weighted by molar-refractivity contribution is 6.31. The molecule has 1 aromatic rings. The fraction of sp³-hybridized carbons (Fsp3) is 0.444. The van der Waals surface area contributed by atoms with Gasteiger partial charge < -0.3 is 0 Å². The van der Waals surface area contributed by atoms with Crippen LogP contribution in [0.2, 0.25) is 5.02 Å². The van der Waals surface area contributed by atoms with Crippen LogP contribution in [0.1, 0.15) is 25.3 Å². The predicted octanol–water partition coefficient (Wildman–Crippen LogP) is 3.08. The van der Waals surface area contributed by atoms with Gasteiger partial charge in [-0.1, -0.05) is 24.9 Å². The summed E-state index contributed by atoms with van der Waals surface area (Å²) in [5, 5.41) is 0.793. The van der Waals surface area contributed by atoms with E-state index >= 15 is 0 Å². The Kier molecular flexibility index (Phi) is 3.37. The van der Waals surface area contributed by atoms with Crippen LogP contribution in [-0.4, -0.2) is 4.98 Å². The van der Waals surface area contributed by atoms with Crippen molar-refractivity contribution in [3.8, 4) is 0 Å². The van der Waals surface area contributed by atoms with Crippen LogP contribution in [0.5, 0.6) is 0 Å². The van der Waals surface area contributed by atoms with Crippen molar-refractivity contribution in [2.75, 3.05) is 0 Å². The van der Waals surface area contributed by atoms with E-state index in [0.29, 0.717) is 0 Å². The SMILES string of the molecule is CCCCc1ccncc1Cl. The number of aryl methyl sites for hydroxylation is 1. The molecular formula is C9H12ClN. The molecule has 0 atom stereocenters. The third kappa shape index (κ3) is 2.51. The zero-order chi connectivity index (χ0) is 8.10. The number of pyridine rings is 1. The molecule has 2 heteroatoms. The summed E-state index contributed by atoms with van der Waals surface area (Å²) in [4.78, 5) is 3.92. The highest BCUT2D eigenvalue weighted by atomic mass is 35.5. The highest BCUT2D eigenvalue weighted by Crippen LogP contribution is 2.15. The number of nitrogens with zero attached hydrogens (tertiary/aromatic N) is 1. The summed E-state index contributed by atoms with van der Waals surface area (Å²) < 4.78 is 0. The summed E-state index contributed by atoms with van der Waals surface area (Å²) in [5.74, 6) is 0. The summed E-state index contributed by atoms with van der Waals surface area (Å²) in [6.07, 6.45) is 6.96. The summed E-state index contributed by atoms with van der Waals surface area (Å²) in [6.45, 7) is 2.18. The summed E-state index contributed by atoms with van der Waals surface area (Å²) in [6, 6.07) is 1.98. The Morgan fingerprint density at radius 1 is 1.55 bits per heavy atom. The first-order chi connectivity index (χ1) is 5.34. The van der Waals surface area contributed by atoms with Crippen LogP contribution in [0.25, 0.3) is 0 Å². The number of aromatic nitrogens is 1. The van der Waals surface area contributed by atoms with Gasteiger partial charge in [0.05, 0.1) is 5.02 Å². The summed E-state index contributed by atoms with van der Waals surface area (Å²) in [7, 11) is 0. The van der Waals surface area contributed by atoms with Gasteiger partial charge in [0.1, 0.15) is 0 Å². The van der Waals surface area contributed by atoms with Crippen LogP contribution in [0.3, 0.4) is 0 Å². The topological polar surface area (TPSA) is 12.9 Å². The molecule has 0 bridgehead atoms. The van der Waals surface area contributed by atoms with Gasteiger partial charge in [0.15, 0.2) is 0 Å².